The van der Waals surface area contributed by atoms with Crippen LogP contribution in [-0.2, 0) is 24.8 Å². The Hall–Kier alpha value is -2.10. The van der Waals surface area contributed by atoms with E-state index in [1.54, 1.807) is 4.90 Å². The monoisotopic (exact) mass is 255 g/mol. The molecule has 0 saturated carbocycles. The highest BCUT2D eigenvalue weighted by molar-refractivity contribution is 5.58. The van der Waals surface area contributed by atoms with E-state index < -0.39 is 0 Å². The molecule has 1 aliphatic rings. The van der Waals surface area contributed by atoms with Gasteiger partial charge < -0.3 is 9.47 Å². The Bertz CT molecular complexity index is 630. The van der Waals surface area contributed by atoms with Gasteiger partial charge in [-0.25, -0.2) is 4.98 Å². The molecule has 1 aromatic carbocycles. The maximum absolute atomic E-state index is 10.9. The summed E-state index contributed by atoms with van der Waals surface area (Å²) in [5.41, 5.74) is 4.63. The molecule has 1 aromatic heterocycles. The fourth-order valence-corrected chi connectivity index (χ4v) is 2.64. The molecule has 0 aliphatic carbocycles. The summed E-state index contributed by atoms with van der Waals surface area (Å²) in [4.78, 5) is 17.4. The van der Waals surface area contributed by atoms with Gasteiger partial charge in [0.25, 0.3) is 0 Å². The van der Waals surface area contributed by atoms with E-state index >= 15 is 0 Å². The molecule has 0 bridgehead atoms. The Balaban J connectivity index is 2.05. The van der Waals surface area contributed by atoms with Crippen LogP contribution in [-0.4, -0.2) is 27.4 Å². The summed E-state index contributed by atoms with van der Waals surface area (Å²) in [5, 5.41) is 0. The van der Waals surface area contributed by atoms with E-state index in [1.165, 1.54) is 5.56 Å². The van der Waals surface area contributed by atoms with Gasteiger partial charge in [-0.1, -0.05) is 23.8 Å². The molecule has 19 heavy (non-hydrogen) atoms. The lowest BCUT2D eigenvalue weighted by atomic mass is 10.1. The molecule has 0 atom stereocenters. The van der Waals surface area contributed by atoms with Crippen molar-refractivity contribution in [1.82, 2.24) is 14.5 Å². The number of nitrogens with zero attached hydrogens (tertiary/aromatic N) is 3. The molecule has 0 fully saturated rings. The van der Waals surface area contributed by atoms with Crippen LogP contribution in [0.15, 0.2) is 24.3 Å². The number of carbonyl (C=O) groups excluding carboxylic acids is 1. The van der Waals surface area contributed by atoms with Gasteiger partial charge in [0.2, 0.25) is 6.41 Å². The molecule has 0 spiro atoms. The molecule has 1 amide bonds. The van der Waals surface area contributed by atoms with Crippen molar-refractivity contribution >= 4 is 6.41 Å². The van der Waals surface area contributed by atoms with Gasteiger partial charge in [0.1, 0.15) is 5.82 Å². The average molecular weight is 255 g/mol. The van der Waals surface area contributed by atoms with Gasteiger partial charge in [-0.15, -0.1) is 0 Å². The second-order valence-corrected chi connectivity index (χ2v) is 5.08. The third kappa shape index (κ3) is 2.03. The first-order valence-electron chi connectivity index (χ1n) is 6.50. The van der Waals surface area contributed by atoms with Crippen molar-refractivity contribution in [2.45, 2.75) is 19.9 Å². The number of amides is 1. The number of benzene rings is 1. The van der Waals surface area contributed by atoms with Gasteiger partial charge in [0.15, 0.2) is 0 Å². The summed E-state index contributed by atoms with van der Waals surface area (Å²) in [5.74, 6) is 0.987. The molecule has 2 aromatic rings. The molecule has 1 aliphatic heterocycles. The van der Waals surface area contributed by atoms with Crippen LogP contribution in [0.25, 0.3) is 11.4 Å². The zero-order valence-corrected chi connectivity index (χ0v) is 11.3. The van der Waals surface area contributed by atoms with Crippen molar-refractivity contribution in [3.8, 4) is 11.4 Å². The maximum Gasteiger partial charge on any atom is 0.210 e. The van der Waals surface area contributed by atoms with Crippen LogP contribution in [0.3, 0.4) is 0 Å². The Kier molecular flexibility index (Phi) is 2.85. The molecular weight excluding hydrogens is 238 g/mol. The lowest BCUT2D eigenvalue weighted by Gasteiger charge is -2.22. The predicted octanol–water partition coefficient (Wildman–Crippen LogP) is 1.91. The zero-order chi connectivity index (χ0) is 13.4. The van der Waals surface area contributed by atoms with Gasteiger partial charge in [0.05, 0.1) is 17.9 Å². The van der Waals surface area contributed by atoms with Crippen molar-refractivity contribution < 1.29 is 4.79 Å². The molecule has 2 heterocycles. The molecule has 0 saturated heterocycles. The van der Waals surface area contributed by atoms with Gasteiger partial charge in [0, 0.05) is 25.6 Å². The Morgan fingerprint density at radius 1 is 1.37 bits per heavy atom. The van der Waals surface area contributed by atoms with Gasteiger partial charge in [-0.2, -0.15) is 0 Å². The fourth-order valence-electron chi connectivity index (χ4n) is 2.64. The van der Waals surface area contributed by atoms with E-state index in [-0.39, 0.29) is 0 Å². The number of fused-ring (bicyclic) bond motifs is 1. The number of hydrogen-bond acceptors (Lipinski definition) is 2. The molecule has 4 nitrogen and oxygen atoms in total. The standard InChI is InChI=1S/C15H17N3O/c1-11-4-3-5-12(8-11)15-16-13-6-7-18(10-19)9-14(13)17(15)2/h3-5,8,10H,6-7,9H2,1-2H3. The largest absolute Gasteiger partial charge is 0.339 e. The van der Waals surface area contributed by atoms with Crippen molar-refractivity contribution in [3.05, 3.63) is 41.2 Å². The minimum absolute atomic E-state index is 0.661. The zero-order valence-electron chi connectivity index (χ0n) is 11.3. The SMILES string of the molecule is Cc1cccc(-c2nc3c(n2C)CN(C=O)CC3)c1. The highest BCUT2D eigenvalue weighted by Gasteiger charge is 2.22. The first-order chi connectivity index (χ1) is 9.19. The first-order valence-corrected chi connectivity index (χ1v) is 6.50. The fraction of sp³-hybridized carbons (Fsp3) is 0.333. The summed E-state index contributed by atoms with van der Waals surface area (Å²) < 4.78 is 2.11. The quantitative estimate of drug-likeness (QED) is 0.769. The van der Waals surface area contributed by atoms with Crippen LogP contribution in [0, 0.1) is 6.92 Å². The van der Waals surface area contributed by atoms with E-state index in [0.717, 1.165) is 42.2 Å². The minimum Gasteiger partial charge on any atom is -0.339 e. The van der Waals surface area contributed by atoms with Crippen LogP contribution in [0.4, 0.5) is 0 Å². The lowest BCUT2D eigenvalue weighted by molar-refractivity contribution is -0.119. The summed E-state index contributed by atoms with van der Waals surface area (Å²) >= 11 is 0. The Morgan fingerprint density at radius 3 is 2.95 bits per heavy atom. The van der Waals surface area contributed by atoms with Gasteiger partial charge in [-0.3, -0.25) is 4.79 Å². The van der Waals surface area contributed by atoms with Crippen LogP contribution >= 0.6 is 0 Å². The van der Waals surface area contributed by atoms with Crippen molar-refractivity contribution in [2.24, 2.45) is 7.05 Å². The predicted molar refractivity (Wildman–Crippen MR) is 73.6 cm³/mol. The minimum atomic E-state index is 0.661. The second kappa shape index (κ2) is 4.53. The van der Waals surface area contributed by atoms with Gasteiger partial charge >= 0.3 is 0 Å². The summed E-state index contributed by atoms with van der Waals surface area (Å²) in [7, 11) is 2.03. The highest BCUT2D eigenvalue weighted by Crippen LogP contribution is 2.25. The van der Waals surface area contributed by atoms with E-state index in [2.05, 4.69) is 35.8 Å². The number of hydrogen-bond donors (Lipinski definition) is 0. The smallest absolute Gasteiger partial charge is 0.210 e. The molecule has 0 radical (unpaired) electrons. The summed E-state index contributed by atoms with van der Waals surface area (Å²) in [6.45, 7) is 3.51. The van der Waals surface area contributed by atoms with Crippen LogP contribution in [0.5, 0.6) is 0 Å². The van der Waals surface area contributed by atoms with Crippen molar-refractivity contribution in [2.75, 3.05) is 6.54 Å². The van der Waals surface area contributed by atoms with Crippen molar-refractivity contribution in [3.63, 3.8) is 0 Å². The van der Waals surface area contributed by atoms with E-state index in [4.69, 9.17) is 4.98 Å². The molecule has 0 N–H and O–H groups in total. The number of rotatable bonds is 2. The molecular formula is C15H17N3O. The molecule has 3 rings (SSSR count). The molecule has 98 valence electrons. The van der Waals surface area contributed by atoms with E-state index in [9.17, 15) is 4.79 Å². The van der Waals surface area contributed by atoms with E-state index in [0.29, 0.717) is 6.54 Å². The van der Waals surface area contributed by atoms with E-state index in [1.807, 2.05) is 7.05 Å². The lowest BCUT2D eigenvalue weighted by Crippen LogP contribution is -2.30. The third-order valence-corrected chi connectivity index (χ3v) is 3.71. The number of aromatic nitrogens is 2. The highest BCUT2D eigenvalue weighted by atomic mass is 16.1. The maximum atomic E-state index is 10.9. The number of aryl methyl sites for hydroxylation is 1. The third-order valence-electron chi connectivity index (χ3n) is 3.71. The molecule has 4 heteroatoms. The van der Waals surface area contributed by atoms with Crippen molar-refractivity contribution in [1.29, 1.82) is 0 Å². The van der Waals surface area contributed by atoms with Crippen LogP contribution in [0.2, 0.25) is 0 Å². The summed E-state index contributed by atoms with van der Waals surface area (Å²) in [6, 6.07) is 8.36. The molecule has 0 unspecified atom stereocenters. The number of carbonyl (C=O) groups is 1. The van der Waals surface area contributed by atoms with Crippen LogP contribution in [0.1, 0.15) is 17.0 Å². The Labute approximate surface area is 112 Å². The normalized spacial score (nSPS) is 14.3. The average Bonchev–Trinajstić information content (AvgIpc) is 2.76. The number of imidazole rings is 1. The first kappa shape index (κ1) is 12.0. The van der Waals surface area contributed by atoms with Gasteiger partial charge in [-0.05, 0) is 13.0 Å². The van der Waals surface area contributed by atoms with Crippen LogP contribution < -0.4 is 0 Å². The topological polar surface area (TPSA) is 38.1 Å². The Morgan fingerprint density at radius 2 is 2.21 bits per heavy atom. The second-order valence-electron chi connectivity index (χ2n) is 5.08. The summed E-state index contributed by atoms with van der Waals surface area (Å²) in [6.07, 6.45) is 1.76.